The standard InChI is InChI=1S/C22H27N5O3S/c28-18(23-16-9-3-1-4-10-16)15-8-7-13-27(14-15)22(30)21-26-25-20(31-21)19(29)24-17-11-5-2-6-12-17/h2,5-6,11-12,15-16H,1,3-4,7-10,13-14H2,(H,23,28)(H,24,29)/t15-/m1/s1. The van der Waals surface area contributed by atoms with Gasteiger partial charge >= 0.3 is 0 Å². The second-order valence-corrected chi connectivity index (χ2v) is 9.14. The van der Waals surface area contributed by atoms with Gasteiger partial charge < -0.3 is 15.5 Å². The van der Waals surface area contributed by atoms with Gasteiger partial charge in [-0.05, 0) is 37.8 Å². The first-order chi connectivity index (χ1) is 15.1. The van der Waals surface area contributed by atoms with Crippen molar-refractivity contribution < 1.29 is 14.4 Å². The number of nitrogens with one attached hydrogen (secondary N) is 2. The smallest absolute Gasteiger partial charge is 0.286 e. The molecule has 0 spiro atoms. The van der Waals surface area contributed by atoms with E-state index in [0.29, 0.717) is 18.8 Å². The Morgan fingerprint density at radius 3 is 2.45 bits per heavy atom. The summed E-state index contributed by atoms with van der Waals surface area (Å²) in [7, 11) is 0. The number of piperidine rings is 1. The van der Waals surface area contributed by atoms with E-state index in [2.05, 4.69) is 20.8 Å². The summed E-state index contributed by atoms with van der Waals surface area (Å²) in [6.07, 6.45) is 7.21. The van der Waals surface area contributed by atoms with Crippen molar-refractivity contribution in [2.75, 3.05) is 18.4 Å². The summed E-state index contributed by atoms with van der Waals surface area (Å²) in [5, 5.41) is 14.0. The number of likely N-dealkylation sites (tertiary alicyclic amines) is 1. The molecule has 1 aliphatic heterocycles. The van der Waals surface area contributed by atoms with Gasteiger partial charge in [-0.15, -0.1) is 10.2 Å². The van der Waals surface area contributed by atoms with Crippen LogP contribution in [0.5, 0.6) is 0 Å². The van der Waals surface area contributed by atoms with E-state index in [4.69, 9.17) is 0 Å². The molecule has 4 rings (SSSR count). The third-order valence-corrected chi connectivity index (χ3v) is 6.77. The maximum absolute atomic E-state index is 12.9. The largest absolute Gasteiger partial charge is 0.353 e. The molecular formula is C22H27N5O3S. The lowest BCUT2D eigenvalue weighted by molar-refractivity contribution is -0.127. The van der Waals surface area contributed by atoms with Crippen molar-refractivity contribution in [2.45, 2.75) is 51.0 Å². The molecule has 1 aliphatic carbocycles. The average molecular weight is 442 g/mol. The van der Waals surface area contributed by atoms with E-state index in [-0.39, 0.29) is 33.8 Å². The van der Waals surface area contributed by atoms with E-state index in [1.165, 1.54) is 6.42 Å². The van der Waals surface area contributed by atoms with Crippen LogP contribution in [-0.2, 0) is 4.79 Å². The van der Waals surface area contributed by atoms with E-state index in [1.807, 2.05) is 18.2 Å². The number of benzene rings is 1. The fourth-order valence-corrected chi connectivity index (χ4v) is 4.89. The molecule has 0 bridgehead atoms. The zero-order valence-corrected chi connectivity index (χ0v) is 18.2. The van der Waals surface area contributed by atoms with Gasteiger partial charge in [0.2, 0.25) is 15.9 Å². The SMILES string of the molecule is O=C(Nc1ccccc1)c1nnc(C(=O)N2CCC[C@@H](C(=O)NC3CCCCC3)C2)s1. The van der Waals surface area contributed by atoms with Crippen LogP contribution >= 0.6 is 11.3 Å². The Balaban J connectivity index is 1.34. The van der Waals surface area contributed by atoms with Crippen LogP contribution in [0, 0.1) is 5.92 Å². The third kappa shape index (κ3) is 5.46. The van der Waals surface area contributed by atoms with Gasteiger partial charge in [-0.2, -0.15) is 0 Å². The van der Waals surface area contributed by atoms with E-state index < -0.39 is 5.91 Å². The summed E-state index contributed by atoms with van der Waals surface area (Å²) in [4.78, 5) is 39.7. The highest BCUT2D eigenvalue weighted by atomic mass is 32.1. The molecule has 2 aromatic rings. The van der Waals surface area contributed by atoms with Crippen LogP contribution in [0.3, 0.4) is 0 Å². The van der Waals surface area contributed by atoms with Crippen LogP contribution in [0.25, 0.3) is 0 Å². The zero-order valence-electron chi connectivity index (χ0n) is 17.4. The van der Waals surface area contributed by atoms with Crippen molar-refractivity contribution in [2.24, 2.45) is 5.92 Å². The lowest BCUT2D eigenvalue weighted by atomic mass is 9.93. The van der Waals surface area contributed by atoms with Gasteiger partial charge in [0.25, 0.3) is 11.8 Å². The van der Waals surface area contributed by atoms with Gasteiger partial charge in [0.15, 0.2) is 0 Å². The summed E-state index contributed by atoms with van der Waals surface area (Å²) >= 11 is 0.974. The fourth-order valence-electron chi connectivity index (χ4n) is 4.18. The molecular weight excluding hydrogens is 414 g/mol. The molecule has 2 aliphatic rings. The van der Waals surface area contributed by atoms with Crippen molar-refractivity contribution in [1.82, 2.24) is 20.4 Å². The normalized spacial score (nSPS) is 19.6. The first-order valence-corrected chi connectivity index (χ1v) is 11.7. The molecule has 1 saturated carbocycles. The minimum atomic E-state index is -0.397. The second-order valence-electron chi connectivity index (χ2n) is 8.17. The predicted octanol–water partition coefficient (Wildman–Crippen LogP) is 3.09. The summed E-state index contributed by atoms with van der Waals surface area (Å²) in [6.45, 7) is 0.958. The predicted molar refractivity (Wildman–Crippen MR) is 118 cm³/mol. The highest BCUT2D eigenvalue weighted by Gasteiger charge is 2.31. The number of carbonyl (C=O) groups is 3. The van der Waals surface area contributed by atoms with Gasteiger partial charge in [0, 0.05) is 24.8 Å². The number of rotatable bonds is 5. The Morgan fingerprint density at radius 2 is 1.68 bits per heavy atom. The van der Waals surface area contributed by atoms with Gasteiger partial charge in [-0.25, -0.2) is 0 Å². The monoisotopic (exact) mass is 441 g/mol. The number of hydrogen-bond acceptors (Lipinski definition) is 6. The van der Waals surface area contributed by atoms with Crippen molar-refractivity contribution in [1.29, 1.82) is 0 Å². The second kappa shape index (κ2) is 10.00. The molecule has 8 nitrogen and oxygen atoms in total. The number of anilines is 1. The topological polar surface area (TPSA) is 104 Å². The van der Waals surface area contributed by atoms with E-state index in [0.717, 1.165) is 49.9 Å². The molecule has 2 heterocycles. The molecule has 1 aromatic carbocycles. The lowest BCUT2D eigenvalue weighted by Gasteiger charge is -2.33. The van der Waals surface area contributed by atoms with Crippen LogP contribution in [0.15, 0.2) is 30.3 Å². The molecule has 3 amide bonds. The van der Waals surface area contributed by atoms with Crippen molar-refractivity contribution in [3.8, 4) is 0 Å². The lowest BCUT2D eigenvalue weighted by Crippen LogP contribution is -2.47. The molecule has 31 heavy (non-hydrogen) atoms. The Bertz CT molecular complexity index is 926. The number of nitrogens with zero attached hydrogens (tertiary/aromatic N) is 3. The molecule has 2 N–H and O–H groups in total. The Labute approximate surface area is 185 Å². The first kappa shape index (κ1) is 21.4. The number of para-hydroxylation sites is 1. The van der Waals surface area contributed by atoms with Crippen molar-refractivity contribution in [3.63, 3.8) is 0 Å². The minimum Gasteiger partial charge on any atom is -0.353 e. The molecule has 1 aromatic heterocycles. The molecule has 164 valence electrons. The quantitative estimate of drug-likeness (QED) is 0.742. The Kier molecular flexibility index (Phi) is 6.91. The summed E-state index contributed by atoms with van der Waals surface area (Å²) in [6, 6.07) is 9.32. The highest BCUT2D eigenvalue weighted by Crippen LogP contribution is 2.23. The highest BCUT2D eigenvalue weighted by molar-refractivity contribution is 7.15. The molecule has 0 unspecified atom stereocenters. The first-order valence-electron chi connectivity index (χ1n) is 10.9. The fraction of sp³-hybridized carbons (Fsp3) is 0.500. The number of aromatic nitrogens is 2. The average Bonchev–Trinajstić information content (AvgIpc) is 3.30. The minimum absolute atomic E-state index is 0.0459. The van der Waals surface area contributed by atoms with Crippen LogP contribution in [-0.4, -0.2) is 52.0 Å². The summed E-state index contributed by atoms with van der Waals surface area (Å²) in [5.74, 6) is -0.824. The zero-order chi connectivity index (χ0) is 21.6. The van der Waals surface area contributed by atoms with Gasteiger partial charge in [-0.3, -0.25) is 14.4 Å². The molecule has 2 fully saturated rings. The Hall–Kier alpha value is -2.81. The van der Waals surface area contributed by atoms with Crippen LogP contribution in [0.4, 0.5) is 5.69 Å². The third-order valence-electron chi connectivity index (χ3n) is 5.86. The summed E-state index contributed by atoms with van der Waals surface area (Å²) < 4.78 is 0. The molecule has 0 radical (unpaired) electrons. The van der Waals surface area contributed by atoms with Crippen molar-refractivity contribution in [3.05, 3.63) is 40.3 Å². The van der Waals surface area contributed by atoms with Crippen LogP contribution < -0.4 is 10.6 Å². The van der Waals surface area contributed by atoms with E-state index in [9.17, 15) is 14.4 Å². The van der Waals surface area contributed by atoms with Crippen LogP contribution in [0.1, 0.15) is 64.6 Å². The maximum Gasteiger partial charge on any atom is 0.286 e. The number of amides is 3. The van der Waals surface area contributed by atoms with Crippen molar-refractivity contribution >= 4 is 34.7 Å². The molecule has 1 saturated heterocycles. The maximum atomic E-state index is 12.9. The number of hydrogen-bond donors (Lipinski definition) is 2. The number of carbonyl (C=O) groups excluding carboxylic acids is 3. The van der Waals surface area contributed by atoms with Gasteiger partial charge in [-0.1, -0.05) is 48.8 Å². The van der Waals surface area contributed by atoms with E-state index >= 15 is 0 Å². The van der Waals surface area contributed by atoms with Gasteiger partial charge in [0.05, 0.1) is 5.92 Å². The Morgan fingerprint density at radius 1 is 0.935 bits per heavy atom. The molecule has 9 heteroatoms. The molecule has 1 atom stereocenters. The van der Waals surface area contributed by atoms with Gasteiger partial charge in [0.1, 0.15) is 0 Å². The summed E-state index contributed by atoms with van der Waals surface area (Å²) in [5.41, 5.74) is 0.651. The van der Waals surface area contributed by atoms with E-state index in [1.54, 1.807) is 17.0 Å². The van der Waals surface area contributed by atoms with Crippen LogP contribution in [0.2, 0.25) is 0 Å².